The summed E-state index contributed by atoms with van der Waals surface area (Å²) in [5.41, 5.74) is 4.43. The molecule has 1 aliphatic heterocycles. The Morgan fingerprint density at radius 2 is 1.49 bits per heavy atom. The van der Waals surface area contributed by atoms with Crippen LogP contribution in [0.3, 0.4) is 0 Å². The van der Waals surface area contributed by atoms with Gasteiger partial charge >= 0.3 is 0 Å². The van der Waals surface area contributed by atoms with E-state index in [0.29, 0.717) is 17.8 Å². The molecule has 0 spiro atoms. The molecule has 0 amide bonds. The molecule has 0 N–H and O–H groups in total. The van der Waals surface area contributed by atoms with Gasteiger partial charge in [0.25, 0.3) is 0 Å². The Hall–Kier alpha value is -2.73. The third-order valence-electron chi connectivity index (χ3n) is 8.23. The first-order valence-electron chi connectivity index (χ1n) is 14.0. The van der Waals surface area contributed by atoms with Crippen LogP contribution in [0.5, 0.6) is 23.0 Å². The molecule has 3 unspecified atom stereocenters. The van der Waals surface area contributed by atoms with Gasteiger partial charge in [0.2, 0.25) is 0 Å². The van der Waals surface area contributed by atoms with Gasteiger partial charge in [-0.25, -0.2) is 0 Å². The molecular formula is C31H39NO5. The van der Waals surface area contributed by atoms with E-state index < -0.39 is 0 Å². The summed E-state index contributed by atoms with van der Waals surface area (Å²) in [5, 5.41) is 0. The molecule has 3 saturated carbocycles. The number of rotatable bonds is 11. The van der Waals surface area contributed by atoms with Crippen molar-refractivity contribution in [1.29, 1.82) is 0 Å². The van der Waals surface area contributed by atoms with Gasteiger partial charge in [0, 0.05) is 23.7 Å². The molecule has 4 aliphatic rings. The normalized spacial score (nSPS) is 24.5. The van der Waals surface area contributed by atoms with Crippen LogP contribution in [-0.2, 0) is 4.74 Å². The van der Waals surface area contributed by atoms with Crippen molar-refractivity contribution in [2.24, 2.45) is 16.8 Å². The maximum absolute atomic E-state index is 6.32. The van der Waals surface area contributed by atoms with Gasteiger partial charge in [-0.3, -0.25) is 4.99 Å². The molecule has 2 aromatic carbocycles. The highest BCUT2D eigenvalue weighted by molar-refractivity contribution is 6.15. The molecule has 0 aromatic heterocycles. The van der Waals surface area contributed by atoms with Crippen molar-refractivity contribution in [3.05, 3.63) is 47.0 Å². The summed E-state index contributed by atoms with van der Waals surface area (Å²) in [4.78, 5) is 5.37. The first-order valence-corrected chi connectivity index (χ1v) is 14.0. The van der Waals surface area contributed by atoms with Gasteiger partial charge in [-0.1, -0.05) is 0 Å². The molecule has 0 saturated heterocycles. The van der Waals surface area contributed by atoms with Crippen molar-refractivity contribution in [2.45, 2.75) is 69.9 Å². The minimum absolute atomic E-state index is 0.221. The minimum Gasteiger partial charge on any atom is -0.493 e. The zero-order valence-electron chi connectivity index (χ0n) is 22.3. The molecule has 198 valence electrons. The summed E-state index contributed by atoms with van der Waals surface area (Å²) < 4.78 is 30.0. The predicted octanol–water partition coefficient (Wildman–Crippen LogP) is 6.17. The number of fused-ring (bicyclic) bond motifs is 3. The van der Waals surface area contributed by atoms with E-state index in [-0.39, 0.29) is 12.1 Å². The van der Waals surface area contributed by atoms with Gasteiger partial charge in [0.15, 0.2) is 23.0 Å². The fourth-order valence-electron chi connectivity index (χ4n) is 5.74. The Balaban J connectivity index is 1.38. The highest BCUT2D eigenvalue weighted by atomic mass is 16.5. The summed E-state index contributed by atoms with van der Waals surface area (Å²) in [6.45, 7) is 4.34. The lowest BCUT2D eigenvalue weighted by Gasteiger charge is -2.39. The van der Waals surface area contributed by atoms with Gasteiger partial charge in [-0.15, -0.1) is 0 Å². The van der Waals surface area contributed by atoms with Crippen molar-refractivity contribution in [1.82, 2.24) is 0 Å². The van der Waals surface area contributed by atoms with Crippen molar-refractivity contribution in [3.63, 3.8) is 0 Å². The highest BCUT2D eigenvalue weighted by Gasteiger charge is 2.38. The zero-order chi connectivity index (χ0) is 25.4. The maximum Gasteiger partial charge on any atom is 0.161 e. The molecule has 37 heavy (non-hydrogen) atoms. The average Bonchev–Trinajstić information content (AvgIpc) is 3.85. The van der Waals surface area contributed by atoms with E-state index in [1.807, 2.05) is 0 Å². The lowest BCUT2D eigenvalue weighted by molar-refractivity contribution is 0.0264. The molecule has 0 radical (unpaired) electrons. The van der Waals surface area contributed by atoms with Crippen LogP contribution in [0.2, 0.25) is 0 Å². The van der Waals surface area contributed by atoms with E-state index in [1.54, 1.807) is 14.2 Å². The largest absolute Gasteiger partial charge is 0.493 e. The number of aliphatic imine (C=N–C) groups is 1. The topological polar surface area (TPSA) is 58.5 Å². The predicted molar refractivity (Wildman–Crippen MR) is 144 cm³/mol. The van der Waals surface area contributed by atoms with Gasteiger partial charge in [-0.05, 0) is 99.6 Å². The van der Waals surface area contributed by atoms with E-state index in [2.05, 4.69) is 37.3 Å². The van der Waals surface area contributed by atoms with E-state index >= 15 is 0 Å². The van der Waals surface area contributed by atoms with Crippen molar-refractivity contribution >= 4 is 5.71 Å². The molecular weight excluding hydrogens is 466 g/mol. The van der Waals surface area contributed by atoms with Crippen molar-refractivity contribution < 1.29 is 23.7 Å². The minimum atomic E-state index is 0.221. The smallest absolute Gasteiger partial charge is 0.161 e. The second-order valence-electron chi connectivity index (χ2n) is 11.0. The first kappa shape index (κ1) is 24.6. The van der Waals surface area contributed by atoms with E-state index in [0.717, 1.165) is 78.9 Å². The number of methoxy groups -OCH3 is 2. The second-order valence-corrected chi connectivity index (χ2v) is 11.0. The average molecular weight is 506 g/mol. The van der Waals surface area contributed by atoms with Crippen molar-refractivity contribution in [3.8, 4) is 23.0 Å². The van der Waals surface area contributed by atoms with Crippen LogP contribution in [0.25, 0.3) is 0 Å². The summed E-state index contributed by atoms with van der Waals surface area (Å²) >= 11 is 0. The molecule has 6 nitrogen and oxygen atoms in total. The van der Waals surface area contributed by atoms with Crippen LogP contribution >= 0.6 is 0 Å². The second kappa shape index (κ2) is 10.6. The Morgan fingerprint density at radius 3 is 2.16 bits per heavy atom. The SMILES string of the molecule is CCOC1CCC2N=C(c3ccc(OCC4CC4)c(OCC4CC4)c3)c3cc(OC)c(OC)cc3C2C1. The molecule has 1 heterocycles. The Bertz CT molecular complexity index is 1150. The summed E-state index contributed by atoms with van der Waals surface area (Å²) in [7, 11) is 3.39. The number of benzene rings is 2. The van der Waals surface area contributed by atoms with Gasteiger partial charge in [0.1, 0.15) is 0 Å². The van der Waals surface area contributed by atoms with Crippen LogP contribution in [0.1, 0.15) is 74.5 Å². The molecule has 3 fully saturated rings. The number of hydrogen-bond acceptors (Lipinski definition) is 6. The first-order chi connectivity index (χ1) is 18.2. The van der Waals surface area contributed by atoms with Crippen LogP contribution in [0, 0.1) is 11.8 Å². The fraction of sp³-hybridized carbons (Fsp3) is 0.581. The van der Waals surface area contributed by atoms with Gasteiger partial charge < -0.3 is 23.7 Å². The standard InChI is InChI=1S/C31H39NO5/c1-4-35-22-10-11-26-24(14-22)23-15-28(33-2)29(34-3)16-25(23)31(32-26)21-9-12-27(36-17-19-5-6-19)30(13-21)37-18-20-7-8-20/h9,12-13,15-16,19-20,22,24,26H,4-8,10-11,14,17-18H2,1-3H3. The van der Waals surface area contributed by atoms with Crippen LogP contribution in [-0.4, -0.2) is 51.9 Å². The summed E-state index contributed by atoms with van der Waals surface area (Å²) in [6.07, 6.45) is 8.34. The number of ether oxygens (including phenoxy) is 5. The maximum atomic E-state index is 6.32. The molecule has 6 rings (SSSR count). The van der Waals surface area contributed by atoms with Crippen molar-refractivity contribution in [2.75, 3.05) is 34.0 Å². The van der Waals surface area contributed by atoms with Crippen LogP contribution in [0.15, 0.2) is 35.3 Å². The van der Waals surface area contributed by atoms with Gasteiger partial charge in [0.05, 0.1) is 45.3 Å². The Morgan fingerprint density at radius 1 is 0.784 bits per heavy atom. The number of nitrogens with zero attached hydrogens (tertiary/aromatic N) is 1. The summed E-state index contributed by atoms with van der Waals surface area (Å²) in [5.74, 6) is 4.82. The van der Waals surface area contributed by atoms with E-state index in [4.69, 9.17) is 28.7 Å². The molecule has 0 bridgehead atoms. The van der Waals surface area contributed by atoms with Crippen LogP contribution < -0.4 is 18.9 Å². The fourth-order valence-corrected chi connectivity index (χ4v) is 5.74. The summed E-state index contributed by atoms with van der Waals surface area (Å²) in [6, 6.07) is 10.8. The Labute approximate surface area is 220 Å². The third kappa shape index (κ3) is 5.31. The molecule has 3 atom stereocenters. The quantitative estimate of drug-likeness (QED) is 0.365. The van der Waals surface area contributed by atoms with Gasteiger partial charge in [-0.2, -0.15) is 0 Å². The third-order valence-corrected chi connectivity index (χ3v) is 8.23. The van der Waals surface area contributed by atoms with Crippen LogP contribution in [0.4, 0.5) is 0 Å². The molecule has 3 aliphatic carbocycles. The van der Waals surface area contributed by atoms with E-state index in [9.17, 15) is 0 Å². The lowest BCUT2D eigenvalue weighted by atomic mass is 9.74. The molecule has 6 heteroatoms. The van der Waals surface area contributed by atoms with E-state index in [1.165, 1.54) is 31.2 Å². The highest BCUT2D eigenvalue weighted by Crippen LogP contribution is 2.46. The monoisotopic (exact) mass is 505 g/mol. The molecule has 2 aromatic rings. The number of hydrogen-bond donors (Lipinski definition) is 0. The zero-order valence-corrected chi connectivity index (χ0v) is 22.3. The Kier molecular flexibility index (Phi) is 7.02. The lowest BCUT2D eigenvalue weighted by Crippen LogP contribution is -2.35.